The summed E-state index contributed by atoms with van der Waals surface area (Å²) < 4.78 is 40.9. The number of halogens is 2. The van der Waals surface area contributed by atoms with E-state index in [9.17, 15) is 18.0 Å². The molecule has 0 bridgehead atoms. The third kappa shape index (κ3) is 9.71. The second-order valence-electron chi connectivity index (χ2n) is 12.0. The lowest BCUT2D eigenvalue weighted by Gasteiger charge is -2.34. The topological polar surface area (TPSA) is 105 Å². The zero-order chi connectivity index (χ0) is 36.4. The lowest BCUT2D eigenvalue weighted by atomic mass is 10.0. The number of unbranched alkanes of at least 4 members (excludes halogenated alkanes) is 1. The van der Waals surface area contributed by atoms with Crippen LogP contribution in [0.4, 0.5) is 5.69 Å². The van der Waals surface area contributed by atoms with Crippen molar-refractivity contribution in [3.63, 3.8) is 0 Å². The Morgan fingerprint density at radius 3 is 2.12 bits per heavy atom. The van der Waals surface area contributed by atoms with E-state index >= 15 is 0 Å². The molecule has 0 aliphatic rings. The van der Waals surface area contributed by atoms with Gasteiger partial charge in [-0.15, -0.1) is 0 Å². The molecule has 266 valence electrons. The maximum absolute atomic E-state index is 14.8. The van der Waals surface area contributed by atoms with E-state index < -0.39 is 28.5 Å². The Kier molecular flexibility index (Phi) is 13.6. The first-order chi connectivity index (χ1) is 23.9. The summed E-state index contributed by atoms with van der Waals surface area (Å²) in [6, 6.07) is 23.0. The number of carbonyl (C=O) groups excluding carboxylic acids is 2. The molecular weight excluding hydrogens is 697 g/mol. The quantitative estimate of drug-likeness (QED) is 0.120. The fourth-order valence-corrected chi connectivity index (χ4v) is 7.36. The van der Waals surface area contributed by atoms with Crippen LogP contribution < -0.4 is 19.1 Å². The number of amides is 2. The first kappa shape index (κ1) is 38.6. The van der Waals surface area contributed by atoms with Gasteiger partial charge in [0.25, 0.3) is 10.0 Å². The molecule has 9 nitrogen and oxygen atoms in total. The number of rotatable bonds is 16. The Bertz CT molecular complexity index is 1890. The summed E-state index contributed by atoms with van der Waals surface area (Å²) in [7, 11) is -1.50. The zero-order valence-corrected chi connectivity index (χ0v) is 31.2. The highest BCUT2D eigenvalue weighted by molar-refractivity contribution is 7.92. The fraction of sp³-hybridized carbons (Fsp3) is 0.316. The summed E-state index contributed by atoms with van der Waals surface area (Å²) in [5.74, 6) is -0.374. The van der Waals surface area contributed by atoms with Crippen molar-refractivity contribution in [2.24, 2.45) is 0 Å². The highest BCUT2D eigenvalue weighted by Crippen LogP contribution is 2.33. The van der Waals surface area contributed by atoms with Crippen LogP contribution in [0.5, 0.6) is 11.5 Å². The number of nitrogens with zero attached hydrogens (tertiary/aromatic N) is 2. The van der Waals surface area contributed by atoms with Crippen LogP contribution in [-0.2, 0) is 32.6 Å². The molecule has 0 saturated heterocycles. The standard InChI is InChI=1S/C38H43Cl2N3O6S/c1-6-7-17-41-38(45)34(22-28-11-9-8-10-12-28)42(24-29-13-15-32(39)33(40)21-29)37(44)25-43(30-19-26(2)18-27(3)20-30)50(46,47)31-14-16-35(48-4)36(23-31)49-5/h8-16,18-21,23,34H,6-7,17,22,24-25H2,1-5H3,(H,41,45)/t34-/m0/s1. The Morgan fingerprint density at radius 2 is 1.50 bits per heavy atom. The molecule has 0 saturated carbocycles. The highest BCUT2D eigenvalue weighted by Gasteiger charge is 2.35. The van der Waals surface area contributed by atoms with E-state index in [0.717, 1.165) is 33.8 Å². The first-order valence-electron chi connectivity index (χ1n) is 16.3. The summed E-state index contributed by atoms with van der Waals surface area (Å²) in [6.07, 6.45) is 1.82. The van der Waals surface area contributed by atoms with Crippen LogP contribution in [0.15, 0.2) is 89.8 Å². The lowest BCUT2D eigenvalue weighted by Crippen LogP contribution is -2.53. The molecule has 0 aliphatic heterocycles. The van der Waals surface area contributed by atoms with Gasteiger partial charge in [-0.3, -0.25) is 13.9 Å². The molecular formula is C38H43Cl2N3O6S. The van der Waals surface area contributed by atoms with Crippen molar-refractivity contribution in [2.75, 3.05) is 31.6 Å². The van der Waals surface area contributed by atoms with Crippen molar-refractivity contribution in [1.82, 2.24) is 10.2 Å². The molecule has 4 aromatic rings. The molecule has 0 spiro atoms. The SMILES string of the molecule is CCCCNC(=O)[C@H](Cc1ccccc1)N(Cc1ccc(Cl)c(Cl)c1)C(=O)CN(c1cc(C)cc(C)c1)S(=O)(=O)c1ccc(OC)c(OC)c1. The Morgan fingerprint density at radius 1 is 0.820 bits per heavy atom. The third-order valence-electron chi connectivity index (χ3n) is 8.15. The van der Waals surface area contributed by atoms with Gasteiger partial charge < -0.3 is 19.7 Å². The monoisotopic (exact) mass is 739 g/mol. The number of aryl methyl sites for hydroxylation is 2. The molecule has 2 amide bonds. The second kappa shape index (κ2) is 17.6. The molecule has 0 fully saturated rings. The molecule has 0 heterocycles. The third-order valence-corrected chi connectivity index (χ3v) is 10.7. The van der Waals surface area contributed by atoms with Gasteiger partial charge in [0.2, 0.25) is 11.8 Å². The largest absolute Gasteiger partial charge is 0.493 e. The van der Waals surface area contributed by atoms with Gasteiger partial charge in [-0.1, -0.05) is 79.0 Å². The van der Waals surface area contributed by atoms with Gasteiger partial charge in [0, 0.05) is 25.6 Å². The molecule has 12 heteroatoms. The van der Waals surface area contributed by atoms with Gasteiger partial charge >= 0.3 is 0 Å². The Hall–Kier alpha value is -4.25. The molecule has 0 aliphatic carbocycles. The van der Waals surface area contributed by atoms with Gasteiger partial charge in [-0.05, 0) is 78.9 Å². The van der Waals surface area contributed by atoms with Crippen LogP contribution in [0.1, 0.15) is 42.0 Å². The summed E-state index contributed by atoms with van der Waals surface area (Å²) in [5, 5.41) is 3.62. The number of hydrogen-bond donors (Lipinski definition) is 1. The van der Waals surface area contributed by atoms with Crippen molar-refractivity contribution in [1.29, 1.82) is 0 Å². The van der Waals surface area contributed by atoms with Crippen LogP contribution in [0.25, 0.3) is 0 Å². The zero-order valence-electron chi connectivity index (χ0n) is 28.9. The van der Waals surface area contributed by atoms with E-state index in [1.807, 2.05) is 57.2 Å². The van der Waals surface area contributed by atoms with E-state index in [-0.39, 0.29) is 34.5 Å². The van der Waals surface area contributed by atoms with Gasteiger partial charge in [0.15, 0.2) is 11.5 Å². The van der Waals surface area contributed by atoms with Crippen LogP contribution in [-0.4, -0.2) is 58.5 Å². The normalized spacial score (nSPS) is 11.8. The van der Waals surface area contributed by atoms with Gasteiger partial charge in [-0.2, -0.15) is 0 Å². The molecule has 0 aromatic heterocycles. The number of carbonyl (C=O) groups is 2. The lowest BCUT2D eigenvalue weighted by molar-refractivity contribution is -0.140. The van der Waals surface area contributed by atoms with Crippen LogP contribution >= 0.6 is 23.2 Å². The number of sulfonamides is 1. The smallest absolute Gasteiger partial charge is 0.264 e. The van der Waals surface area contributed by atoms with E-state index in [1.54, 1.807) is 30.3 Å². The highest BCUT2D eigenvalue weighted by atomic mass is 35.5. The number of hydrogen-bond acceptors (Lipinski definition) is 6. The molecule has 0 radical (unpaired) electrons. The number of nitrogens with one attached hydrogen (secondary N) is 1. The fourth-order valence-electron chi connectivity index (χ4n) is 5.62. The first-order valence-corrected chi connectivity index (χ1v) is 18.5. The minimum absolute atomic E-state index is 0.0362. The average molecular weight is 741 g/mol. The van der Waals surface area contributed by atoms with E-state index in [0.29, 0.717) is 28.6 Å². The molecule has 4 aromatic carbocycles. The van der Waals surface area contributed by atoms with Gasteiger partial charge in [-0.25, -0.2) is 8.42 Å². The Balaban J connectivity index is 1.85. The Labute approximate surface area is 305 Å². The minimum atomic E-state index is -4.37. The molecule has 1 atom stereocenters. The van der Waals surface area contributed by atoms with Crippen molar-refractivity contribution in [3.8, 4) is 11.5 Å². The van der Waals surface area contributed by atoms with Gasteiger partial charge in [0.05, 0.1) is 34.8 Å². The predicted octanol–water partition coefficient (Wildman–Crippen LogP) is 7.38. The predicted molar refractivity (Wildman–Crippen MR) is 199 cm³/mol. The molecule has 0 unspecified atom stereocenters. The maximum atomic E-state index is 14.8. The average Bonchev–Trinajstić information content (AvgIpc) is 3.09. The van der Waals surface area contributed by atoms with E-state index in [1.165, 1.54) is 37.3 Å². The second-order valence-corrected chi connectivity index (χ2v) is 14.7. The minimum Gasteiger partial charge on any atom is -0.493 e. The van der Waals surface area contributed by atoms with Crippen molar-refractivity contribution in [3.05, 3.63) is 117 Å². The number of methoxy groups -OCH3 is 2. The molecule has 4 rings (SSSR count). The van der Waals surface area contributed by atoms with E-state index in [2.05, 4.69) is 5.32 Å². The van der Waals surface area contributed by atoms with Crippen molar-refractivity contribution >= 4 is 50.7 Å². The van der Waals surface area contributed by atoms with Crippen LogP contribution in [0.2, 0.25) is 10.0 Å². The molecule has 1 N–H and O–H groups in total. The summed E-state index contributed by atoms with van der Waals surface area (Å²) in [6.45, 7) is 5.52. The van der Waals surface area contributed by atoms with Crippen molar-refractivity contribution < 1.29 is 27.5 Å². The maximum Gasteiger partial charge on any atom is 0.264 e. The number of benzene rings is 4. The van der Waals surface area contributed by atoms with Crippen LogP contribution in [0.3, 0.4) is 0 Å². The molecule has 50 heavy (non-hydrogen) atoms. The van der Waals surface area contributed by atoms with E-state index in [4.69, 9.17) is 32.7 Å². The van der Waals surface area contributed by atoms with Crippen molar-refractivity contribution in [2.45, 2.75) is 57.5 Å². The van der Waals surface area contributed by atoms with Crippen LogP contribution in [0, 0.1) is 13.8 Å². The number of ether oxygens (including phenoxy) is 2. The van der Waals surface area contributed by atoms with Gasteiger partial charge in [0.1, 0.15) is 12.6 Å². The summed E-state index contributed by atoms with van der Waals surface area (Å²) >= 11 is 12.6. The number of anilines is 1. The summed E-state index contributed by atoms with van der Waals surface area (Å²) in [5.41, 5.74) is 3.37. The summed E-state index contributed by atoms with van der Waals surface area (Å²) in [4.78, 5) is 30.0.